The van der Waals surface area contributed by atoms with E-state index in [1.54, 1.807) is 0 Å². The Morgan fingerprint density at radius 3 is 1.30 bits per heavy atom. The first-order valence-electron chi connectivity index (χ1n) is 19.4. The highest BCUT2D eigenvalue weighted by atomic mass is 16.5. The third-order valence-corrected chi connectivity index (χ3v) is 10.3. The third-order valence-electron chi connectivity index (χ3n) is 10.3. The first-order chi connectivity index (χ1) is 27.0. The Kier molecular flexibility index (Phi) is 9.85. The summed E-state index contributed by atoms with van der Waals surface area (Å²) in [5.74, 6) is 4.45. The van der Waals surface area contributed by atoms with Crippen LogP contribution in [0.5, 0.6) is 23.0 Å². The highest BCUT2D eigenvalue weighted by Gasteiger charge is 2.18. The minimum absolute atomic E-state index is 0.310. The van der Waals surface area contributed by atoms with Crippen molar-refractivity contribution < 1.29 is 9.47 Å². The molecule has 8 rings (SSSR count). The molecule has 7 nitrogen and oxygen atoms in total. The molecule has 4 heterocycles. The lowest BCUT2D eigenvalue weighted by molar-refractivity contribution is 0.482. The van der Waals surface area contributed by atoms with E-state index in [0.29, 0.717) is 35.2 Å². The molecule has 4 aromatic carbocycles. The number of aryl methyl sites for hydroxylation is 2. The molecule has 0 aliphatic heterocycles. The Morgan fingerprint density at radius 2 is 0.893 bits per heavy atom. The van der Waals surface area contributed by atoms with Crippen molar-refractivity contribution >= 4 is 21.8 Å². The van der Waals surface area contributed by atoms with Crippen molar-refractivity contribution in [2.75, 3.05) is 0 Å². The van der Waals surface area contributed by atoms with Crippen LogP contribution >= 0.6 is 0 Å². The summed E-state index contributed by atoms with van der Waals surface area (Å²) in [5, 5.41) is 2.12. The number of pyridine rings is 2. The molecule has 56 heavy (non-hydrogen) atoms. The maximum atomic E-state index is 6.68. The van der Waals surface area contributed by atoms with Crippen molar-refractivity contribution in [1.82, 2.24) is 24.5 Å². The molecule has 0 spiro atoms. The molecule has 8 aromatic rings. The highest BCUT2D eigenvalue weighted by Crippen LogP contribution is 2.39. The van der Waals surface area contributed by atoms with Crippen LogP contribution in [0.25, 0.3) is 50.3 Å². The van der Waals surface area contributed by atoms with E-state index in [-0.39, 0.29) is 0 Å². The van der Waals surface area contributed by atoms with E-state index < -0.39 is 0 Å². The Hall–Kier alpha value is -6.34. The van der Waals surface area contributed by atoms with Crippen molar-refractivity contribution in [3.05, 3.63) is 150 Å². The van der Waals surface area contributed by atoms with Crippen LogP contribution in [0.2, 0.25) is 0 Å². The second-order valence-electron chi connectivity index (χ2n) is 15.7. The molecule has 0 bridgehead atoms. The van der Waals surface area contributed by atoms with Crippen LogP contribution in [0, 0.1) is 13.8 Å². The minimum Gasteiger partial charge on any atom is -0.457 e. The van der Waals surface area contributed by atoms with Gasteiger partial charge in [0.25, 0.3) is 0 Å². The van der Waals surface area contributed by atoms with Gasteiger partial charge < -0.3 is 9.47 Å². The summed E-state index contributed by atoms with van der Waals surface area (Å²) in [6, 6.07) is 33.5. The van der Waals surface area contributed by atoms with Gasteiger partial charge in [-0.05, 0) is 144 Å². The van der Waals surface area contributed by atoms with Gasteiger partial charge in [-0.1, -0.05) is 41.5 Å². The number of rotatable bonds is 10. The van der Waals surface area contributed by atoms with E-state index in [4.69, 9.17) is 19.4 Å². The number of benzene rings is 4. The lowest BCUT2D eigenvalue weighted by Crippen LogP contribution is -2.02. The minimum atomic E-state index is 0.310. The molecule has 4 aromatic heterocycles. The summed E-state index contributed by atoms with van der Waals surface area (Å²) in [5.41, 5.74) is 11.5. The molecule has 0 amide bonds. The van der Waals surface area contributed by atoms with E-state index in [2.05, 4.69) is 143 Å². The largest absolute Gasteiger partial charge is 0.457 e. The molecule has 280 valence electrons. The van der Waals surface area contributed by atoms with Crippen molar-refractivity contribution in [1.29, 1.82) is 0 Å². The number of nitrogens with zero attached hydrogens (tertiary/aromatic N) is 5. The van der Waals surface area contributed by atoms with E-state index in [0.717, 1.165) is 72.5 Å². The van der Waals surface area contributed by atoms with E-state index in [1.807, 2.05) is 49.1 Å². The van der Waals surface area contributed by atoms with Gasteiger partial charge in [-0.2, -0.15) is 0 Å². The van der Waals surface area contributed by atoms with Gasteiger partial charge in [0.15, 0.2) is 0 Å². The highest BCUT2D eigenvalue weighted by molar-refractivity contribution is 6.09. The summed E-state index contributed by atoms with van der Waals surface area (Å²) in [6.45, 7) is 17.3. The Bertz CT molecular complexity index is 2550. The fraction of sp³-hybridized carbons (Fsp3) is 0.224. The fourth-order valence-corrected chi connectivity index (χ4v) is 7.05. The quantitative estimate of drug-likeness (QED) is 0.139. The summed E-state index contributed by atoms with van der Waals surface area (Å²) in [4.78, 5) is 19.1. The number of hydrogen-bond acceptors (Lipinski definition) is 6. The second-order valence-corrected chi connectivity index (χ2v) is 15.7. The zero-order valence-electron chi connectivity index (χ0n) is 33.3. The second kappa shape index (κ2) is 15.1. The Labute approximate surface area is 329 Å². The Balaban J connectivity index is 1.23. The van der Waals surface area contributed by atoms with E-state index in [9.17, 15) is 0 Å². The normalized spacial score (nSPS) is 11.7. The van der Waals surface area contributed by atoms with E-state index in [1.165, 1.54) is 11.1 Å². The van der Waals surface area contributed by atoms with Crippen molar-refractivity contribution in [3.63, 3.8) is 0 Å². The van der Waals surface area contributed by atoms with Gasteiger partial charge in [-0.15, -0.1) is 0 Å². The van der Waals surface area contributed by atoms with E-state index >= 15 is 0 Å². The predicted molar refractivity (Wildman–Crippen MR) is 228 cm³/mol. The van der Waals surface area contributed by atoms with Gasteiger partial charge in [0.1, 0.15) is 23.0 Å². The predicted octanol–water partition coefficient (Wildman–Crippen LogP) is 13.3. The third kappa shape index (κ3) is 7.50. The van der Waals surface area contributed by atoms with Gasteiger partial charge in [0, 0.05) is 58.8 Å². The van der Waals surface area contributed by atoms with Crippen LogP contribution in [0.1, 0.15) is 87.1 Å². The number of ether oxygens (including phenoxy) is 2. The SMILES string of the molecule is Cc1ccnc(-c2cc(Oc3ccc4c5ccc(Oc6cc(-c7cc(C)ccn7)cc(C(C)C)c6)cc5n(-c5ncc(C(C)C)cn5)c4c3)cc(C(C)C)c2)c1. The van der Waals surface area contributed by atoms with Crippen LogP contribution in [0.4, 0.5) is 0 Å². The van der Waals surface area contributed by atoms with Crippen LogP contribution in [-0.2, 0) is 0 Å². The molecule has 0 aliphatic carbocycles. The maximum Gasteiger partial charge on any atom is 0.234 e. The van der Waals surface area contributed by atoms with Crippen LogP contribution in [0.15, 0.2) is 122 Å². The zero-order valence-corrected chi connectivity index (χ0v) is 33.3. The lowest BCUT2D eigenvalue weighted by Gasteiger charge is -2.14. The maximum absolute atomic E-state index is 6.68. The van der Waals surface area contributed by atoms with Crippen LogP contribution in [-0.4, -0.2) is 24.5 Å². The summed E-state index contributed by atoms with van der Waals surface area (Å²) >= 11 is 0. The molecule has 0 unspecified atom stereocenters. The molecule has 0 fully saturated rings. The molecule has 7 heteroatoms. The number of hydrogen-bond donors (Lipinski definition) is 0. The van der Waals surface area contributed by atoms with Gasteiger partial charge in [-0.3, -0.25) is 14.5 Å². The zero-order chi connectivity index (χ0) is 39.1. The Morgan fingerprint density at radius 1 is 0.446 bits per heavy atom. The topological polar surface area (TPSA) is 75.0 Å². The number of aromatic nitrogens is 5. The van der Waals surface area contributed by atoms with Crippen molar-refractivity contribution in [2.24, 2.45) is 0 Å². The van der Waals surface area contributed by atoms with Crippen LogP contribution < -0.4 is 9.47 Å². The molecule has 0 saturated heterocycles. The van der Waals surface area contributed by atoms with Gasteiger partial charge in [0.2, 0.25) is 5.95 Å². The summed E-state index contributed by atoms with van der Waals surface area (Å²) in [6.07, 6.45) is 7.55. The van der Waals surface area contributed by atoms with Crippen LogP contribution in [0.3, 0.4) is 0 Å². The number of fused-ring (bicyclic) bond motifs is 3. The standard InChI is InChI=1S/C49H47N5O2/c1-29(2)34-19-36(45-17-32(7)13-15-50-45)23-41(21-34)55-39-9-11-43-44-12-10-40(26-48(44)54(47(43)25-39)49-52-27-38(28-53-49)31(5)6)56-42-22-35(30(3)4)20-37(24-42)46-18-33(8)14-16-51-46/h9-31H,1-8H3. The fourth-order valence-electron chi connectivity index (χ4n) is 7.05. The molecule has 0 saturated carbocycles. The van der Waals surface area contributed by atoms with Gasteiger partial charge >= 0.3 is 0 Å². The first-order valence-corrected chi connectivity index (χ1v) is 19.4. The summed E-state index contributed by atoms with van der Waals surface area (Å²) in [7, 11) is 0. The van der Waals surface area contributed by atoms with Crippen molar-refractivity contribution in [3.8, 4) is 51.5 Å². The molecule has 0 aliphatic rings. The molecule has 0 radical (unpaired) electrons. The lowest BCUT2D eigenvalue weighted by atomic mass is 9.98. The molecule has 0 N–H and O–H groups in total. The average Bonchev–Trinajstić information content (AvgIpc) is 3.50. The molecular formula is C49H47N5O2. The average molecular weight is 738 g/mol. The van der Waals surface area contributed by atoms with Gasteiger partial charge in [0.05, 0.1) is 22.4 Å². The molecule has 0 atom stereocenters. The monoisotopic (exact) mass is 737 g/mol. The first kappa shape index (κ1) is 36.6. The van der Waals surface area contributed by atoms with Gasteiger partial charge in [-0.25, -0.2) is 9.97 Å². The summed E-state index contributed by atoms with van der Waals surface area (Å²) < 4.78 is 15.5. The molecular weight excluding hydrogens is 691 g/mol. The smallest absolute Gasteiger partial charge is 0.234 e. The van der Waals surface area contributed by atoms with Crippen molar-refractivity contribution in [2.45, 2.75) is 73.1 Å².